The van der Waals surface area contributed by atoms with E-state index in [-0.39, 0.29) is 5.82 Å². The Balaban J connectivity index is 1.92. The van der Waals surface area contributed by atoms with Gasteiger partial charge in [0.25, 0.3) is 0 Å². The second-order valence-corrected chi connectivity index (χ2v) is 7.24. The quantitative estimate of drug-likeness (QED) is 0.900. The first-order valence-corrected chi connectivity index (χ1v) is 8.31. The van der Waals surface area contributed by atoms with Crippen LogP contribution in [0.25, 0.3) is 0 Å². The molecule has 110 valence electrons. The first-order valence-electron chi connectivity index (χ1n) is 7.52. The first-order chi connectivity index (χ1) is 9.58. The van der Waals surface area contributed by atoms with Crippen LogP contribution in [0.1, 0.15) is 26.7 Å². The Morgan fingerprint density at radius 1 is 1.35 bits per heavy atom. The summed E-state index contributed by atoms with van der Waals surface area (Å²) in [7, 11) is 0. The highest BCUT2D eigenvalue weighted by Gasteiger charge is 2.39. The monoisotopic (exact) mass is 340 g/mol. The molecule has 2 nitrogen and oxygen atoms in total. The molecule has 2 aliphatic rings. The topological polar surface area (TPSA) is 15.3 Å². The van der Waals surface area contributed by atoms with Gasteiger partial charge in [-0.2, -0.15) is 0 Å². The fourth-order valence-electron chi connectivity index (χ4n) is 3.22. The number of hydrogen-bond donors (Lipinski definition) is 1. The predicted octanol–water partition coefficient (Wildman–Crippen LogP) is 3.80. The van der Waals surface area contributed by atoms with Gasteiger partial charge in [0, 0.05) is 29.6 Å². The number of hydrogen-bond acceptors (Lipinski definition) is 2. The average Bonchev–Trinajstić information content (AvgIpc) is 3.22. The largest absolute Gasteiger partial charge is 0.362 e. The molecule has 0 aromatic heterocycles. The van der Waals surface area contributed by atoms with E-state index in [1.807, 2.05) is 6.07 Å². The van der Waals surface area contributed by atoms with Gasteiger partial charge >= 0.3 is 0 Å². The van der Waals surface area contributed by atoms with Gasteiger partial charge in [-0.25, -0.2) is 4.39 Å². The van der Waals surface area contributed by atoms with Crippen molar-refractivity contribution < 1.29 is 4.39 Å². The van der Waals surface area contributed by atoms with Gasteiger partial charge in [0.2, 0.25) is 0 Å². The number of halogens is 2. The van der Waals surface area contributed by atoms with Crippen molar-refractivity contribution in [3.8, 4) is 0 Å². The predicted molar refractivity (Wildman–Crippen MR) is 84.6 cm³/mol. The number of nitrogens with one attached hydrogen (secondary N) is 1. The summed E-state index contributed by atoms with van der Waals surface area (Å²) in [4.78, 5) is 2.28. The van der Waals surface area contributed by atoms with E-state index in [4.69, 9.17) is 0 Å². The minimum absolute atomic E-state index is 0.124. The Kier molecular flexibility index (Phi) is 4.04. The van der Waals surface area contributed by atoms with Crippen LogP contribution in [0.3, 0.4) is 0 Å². The Bertz CT molecular complexity index is 467. The molecule has 20 heavy (non-hydrogen) atoms. The minimum atomic E-state index is -0.124. The molecule has 1 saturated heterocycles. The molecule has 2 unspecified atom stereocenters. The zero-order chi connectivity index (χ0) is 14.3. The van der Waals surface area contributed by atoms with Gasteiger partial charge in [-0.1, -0.05) is 19.9 Å². The molecule has 0 amide bonds. The van der Waals surface area contributed by atoms with Crippen molar-refractivity contribution in [2.45, 2.75) is 38.8 Å². The fourth-order valence-corrected chi connectivity index (χ4v) is 3.79. The second-order valence-electron chi connectivity index (χ2n) is 6.39. The third-order valence-electron chi connectivity index (χ3n) is 4.57. The molecule has 4 heteroatoms. The Labute approximate surface area is 128 Å². The summed E-state index contributed by atoms with van der Waals surface area (Å²) in [5.41, 5.74) is 0.735. The van der Waals surface area contributed by atoms with Gasteiger partial charge in [0.15, 0.2) is 0 Å². The molecule has 0 bridgehead atoms. The molecule has 0 spiro atoms. The first kappa shape index (κ1) is 14.3. The molecule has 1 N–H and O–H groups in total. The molecule has 0 radical (unpaired) electrons. The van der Waals surface area contributed by atoms with Crippen molar-refractivity contribution in [2.75, 3.05) is 18.0 Å². The molecule has 1 aliphatic carbocycles. The summed E-state index contributed by atoms with van der Waals surface area (Å²) in [6, 6.07) is 6.11. The molecule has 1 aliphatic heterocycles. The van der Waals surface area contributed by atoms with Crippen molar-refractivity contribution >= 4 is 21.6 Å². The SMILES string of the molecule is CC(C)C1CNC(C2CC2)CN1c1c(F)cccc1Br. The zero-order valence-corrected chi connectivity index (χ0v) is 13.7. The molecule has 1 saturated carbocycles. The lowest BCUT2D eigenvalue weighted by molar-refractivity contribution is 0.317. The van der Waals surface area contributed by atoms with Crippen LogP contribution in [-0.2, 0) is 0 Å². The lowest BCUT2D eigenvalue weighted by atomic mass is 9.96. The Morgan fingerprint density at radius 3 is 2.70 bits per heavy atom. The van der Waals surface area contributed by atoms with Crippen LogP contribution in [0, 0.1) is 17.7 Å². The Morgan fingerprint density at radius 2 is 2.10 bits per heavy atom. The fraction of sp³-hybridized carbons (Fsp3) is 0.625. The summed E-state index contributed by atoms with van der Waals surface area (Å²) in [5.74, 6) is 1.16. The third-order valence-corrected chi connectivity index (χ3v) is 5.21. The number of para-hydroxylation sites is 1. The summed E-state index contributed by atoms with van der Waals surface area (Å²) in [6.07, 6.45) is 2.63. The van der Waals surface area contributed by atoms with Crippen LogP contribution in [0.4, 0.5) is 10.1 Å². The smallest absolute Gasteiger partial charge is 0.147 e. The molecule has 1 aromatic carbocycles. The van der Waals surface area contributed by atoms with Gasteiger partial charge in [0.05, 0.1) is 5.69 Å². The number of anilines is 1. The normalized spacial score (nSPS) is 27.1. The van der Waals surface area contributed by atoms with Crippen LogP contribution in [-0.4, -0.2) is 25.2 Å². The maximum Gasteiger partial charge on any atom is 0.147 e. The van der Waals surface area contributed by atoms with Gasteiger partial charge in [0.1, 0.15) is 5.82 Å². The van der Waals surface area contributed by atoms with E-state index in [2.05, 4.69) is 40.0 Å². The maximum atomic E-state index is 14.3. The van der Waals surface area contributed by atoms with Gasteiger partial charge in [-0.05, 0) is 52.7 Å². The van der Waals surface area contributed by atoms with E-state index in [0.29, 0.717) is 18.0 Å². The van der Waals surface area contributed by atoms with Crippen LogP contribution < -0.4 is 10.2 Å². The molecule has 2 atom stereocenters. The van der Waals surface area contributed by atoms with E-state index < -0.39 is 0 Å². The van der Waals surface area contributed by atoms with Crippen molar-refractivity contribution in [1.29, 1.82) is 0 Å². The van der Waals surface area contributed by atoms with E-state index in [9.17, 15) is 4.39 Å². The van der Waals surface area contributed by atoms with Crippen LogP contribution in [0.5, 0.6) is 0 Å². The van der Waals surface area contributed by atoms with E-state index in [0.717, 1.165) is 29.2 Å². The molecule has 1 aromatic rings. The third kappa shape index (κ3) is 2.73. The lowest BCUT2D eigenvalue weighted by Gasteiger charge is -2.44. The molecule has 2 fully saturated rings. The van der Waals surface area contributed by atoms with Gasteiger partial charge in [-0.15, -0.1) is 0 Å². The van der Waals surface area contributed by atoms with E-state index in [1.54, 1.807) is 12.1 Å². The van der Waals surface area contributed by atoms with Crippen molar-refractivity contribution in [1.82, 2.24) is 5.32 Å². The highest BCUT2D eigenvalue weighted by atomic mass is 79.9. The minimum Gasteiger partial charge on any atom is -0.362 e. The molecular weight excluding hydrogens is 319 g/mol. The molecule has 1 heterocycles. The van der Waals surface area contributed by atoms with Crippen LogP contribution in [0.15, 0.2) is 22.7 Å². The second kappa shape index (κ2) is 5.64. The standard InChI is InChI=1S/C16H22BrFN2/c1-10(2)15-8-19-14(11-6-7-11)9-20(15)16-12(17)4-3-5-13(16)18/h3-5,10-11,14-15,19H,6-9H2,1-2H3. The number of rotatable bonds is 3. The highest BCUT2D eigenvalue weighted by molar-refractivity contribution is 9.10. The van der Waals surface area contributed by atoms with Crippen LogP contribution in [0.2, 0.25) is 0 Å². The average molecular weight is 341 g/mol. The zero-order valence-electron chi connectivity index (χ0n) is 12.1. The highest BCUT2D eigenvalue weighted by Crippen LogP contribution is 2.38. The molecule has 3 rings (SSSR count). The Hall–Kier alpha value is -0.610. The lowest BCUT2D eigenvalue weighted by Crippen LogP contribution is -2.59. The molecular formula is C16H22BrFN2. The summed E-state index contributed by atoms with van der Waals surface area (Å²) < 4.78 is 15.2. The number of piperazine rings is 1. The van der Waals surface area contributed by atoms with Gasteiger partial charge in [-0.3, -0.25) is 0 Å². The van der Waals surface area contributed by atoms with Crippen molar-refractivity contribution in [3.63, 3.8) is 0 Å². The van der Waals surface area contributed by atoms with Crippen LogP contribution >= 0.6 is 15.9 Å². The maximum absolute atomic E-state index is 14.3. The van der Waals surface area contributed by atoms with Gasteiger partial charge < -0.3 is 10.2 Å². The van der Waals surface area contributed by atoms with Crippen molar-refractivity contribution in [3.05, 3.63) is 28.5 Å². The van der Waals surface area contributed by atoms with Crippen molar-refractivity contribution in [2.24, 2.45) is 11.8 Å². The number of benzene rings is 1. The summed E-state index contributed by atoms with van der Waals surface area (Å²) in [5, 5.41) is 3.67. The van der Waals surface area contributed by atoms with E-state index in [1.165, 1.54) is 12.8 Å². The van der Waals surface area contributed by atoms with E-state index >= 15 is 0 Å². The summed E-state index contributed by atoms with van der Waals surface area (Å²) in [6.45, 7) is 6.28. The summed E-state index contributed by atoms with van der Waals surface area (Å²) >= 11 is 3.53. The number of nitrogens with zero attached hydrogens (tertiary/aromatic N) is 1.